The van der Waals surface area contributed by atoms with Crippen molar-refractivity contribution < 1.29 is 18.0 Å². The van der Waals surface area contributed by atoms with Crippen molar-refractivity contribution in [3.8, 4) is 6.07 Å². The monoisotopic (exact) mass is 365 g/mol. The van der Waals surface area contributed by atoms with E-state index in [1.165, 1.54) is 6.07 Å². The van der Waals surface area contributed by atoms with Gasteiger partial charge in [0.1, 0.15) is 17.3 Å². The van der Waals surface area contributed by atoms with Crippen molar-refractivity contribution in [1.29, 1.82) is 5.26 Å². The highest BCUT2D eigenvalue weighted by molar-refractivity contribution is 5.91. The van der Waals surface area contributed by atoms with Gasteiger partial charge in [0.25, 0.3) is 0 Å². The Morgan fingerprint density at radius 3 is 2.58 bits per heavy atom. The number of rotatable bonds is 4. The maximum atomic E-state index is 13.0. The third-order valence-electron chi connectivity index (χ3n) is 4.71. The zero-order valence-electron chi connectivity index (χ0n) is 14.4. The lowest BCUT2D eigenvalue weighted by Gasteiger charge is -2.29. The molecule has 1 saturated carbocycles. The van der Waals surface area contributed by atoms with Gasteiger partial charge >= 0.3 is 6.18 Å². The molecule has 138 valence electrons. The lowest BCUT2D eigenvalue weighted by Crippen LogP contribution is -2.36. The van der Waals surface area contributed by atoms with E-state index in [9.17, 15) is 18.0 Å². The second kappa shape index (κ2) is 6.27. The summed E-state index contributed by atoms with van der Waals surface area (Å²) in [7, 11) is 0. The molecule has 2 aromatic heterocycles. The van der Waals surface area contributed by atoms with Crippen LogP contribution in [0.15, 0.2) is 12.1 Å². The first-order chi connectivity index (χ1) is 12.1. The average Bonchev–Trinajstić information content (AvgIpc) is 2.81. The smallest absolute Gasteiger partial charge is 0.296 e. The van der Waals surface area contributed by atoms with Crippen molar-refractivity contribution in [2.45, 2.75) is 51.7 Å². The Morgan fingerprint density at radius 2 is 2.04 bits per heavy atom. The summed E-state index contributed by atoms with van der Waals surface area (Å²) in [6.07, 6.45) is -2.46. The number of carbonyl (C=O) groups excluding carboxylic acids is 1. The number of pyridine rings is 1. The second-order valence-corrected chi connectivity index (χ2v) is 7.15. The largest absolute Gasteiger partial charge is 0.394 e. The fraction of sp³-hybridized carbons (Fsp3) is 0.529. The predicted molar refractivity (Wildman–Crippen MR) is 88.2 cm³/mol. The van der Waals surface area contributed by atoms with Crippen LogP contribution in [0.3, 0.4) is 0 Å². The number of nitriles is 1. The molecule has 3 rings (SSSR count). The molecule has 0 aromatic carbocycles. The van der Waals surface area contributed by atoms with Crippen LogP contribution in [0.25, 0.3) is 11.2 Å². The minimum Gasteiger partial charge on any atom is -0.296 e. The van der Waals surface area contributed by atoms with Crippen molar-refractivity contribution in [2.24, 2.45) is 5.41 Å². The van der Waals surface area contributed by atoms with Crippen LogP contribution in [0.4, 0.5) is 19.1 Å². The van der Waals surface area contributed by atoms with Crippen LogP contribution in [0.5, 0.6) is 0 Å². The molecular formula is C17H18F3N5O. The van der Waals surface area contributed by atoms with Crippen molar-refractivity contribution in [3.63, 3.8) is 0 Å². The molecule has 1 amide bonds. The number of imidazole rings is 1. The van der Waals surface area contributed by atoms with E-state index in [0.717, 1.165) is 33.1 Å². The molecule has 0 unspecified atom stereocenters. The molecule has 0 spiro atoms. The molecule has 0 aliphatic heterocycles. The first-order valence-electron chi connectivity index (χ1n) is 8.28. The molecule has 2 aromatic rings. The number of amides is 1. The standard InChI is InChI=1S/C17H18F3N5O/c1-16(2,17(18,19)20)8-13(26)24-15-23-12-7-6-10(9-21)22-14(12)25(15)11-4-3-5-11/h6-7,11H,3-5,8H2,1-2H3,(H,23,24,26). The number of anilines is 1. The molecule has 1 aliphatic carbocycles. The number of aromatic nitrogens is 3. The Bertz CT molecular complexity index is 890. The number of carbonyl (C=O) groups is 1. The summed E-state index contributed by atoms with van der Waals surface area (Å²) in [6, 6.07) is 5.15. The molecule has 1 N–H and O–H groups in total. The first kappa shape index (κ1) is 18.2. The van der Waals surface area contributed by atoms with Gasteiger partial charge in [0, 0.05) is 12.5 Å². The van der Waals surface area contributed by atoms with Gasteiger partial charge in [-0.3, -0.25) is 14.7 Å². The van der Waals surface area contributed by atoms with Gasteiger partial charge in [0.05, 0.1) is 5.41 Å². The number of nitrogens with zero attached hydrogens (tertiary/aromatic N) is 4. The summed E-state index contributed by atoms with van der Waals surface area (Å²) in [5.74, 6) is -0.584. The van der Waals surface area contributed by atoms with Crippen LogP contribution >= 0.6 is 0 Å². The Labute approximate surface area is 148 Å². The third kappa shape index (κ3) is 3.23. The highest BCUT2D eigenvalue weighted by atomic mass is 19.4. The fourth-order valence-electron chi connectivity index (χ4n) is 2.79. The molecule has 6 nitrogen and oxygen atoms in total. The number of hydrogen-bond donors (Lipinski definition) is 1. The summed E-state index contributed by atoms with van der Waals surface area (Å²) in [4.78, 5) is 20.8. The zero-order chi connectivity index (χ0) is 19.1. The van der Waals surface area contributed by atoms with Gasteiger partial charge in [0.2, 0.25) is 11.9 Å². The van der Waals surface area contributed by atoms with Gasteiger partial charge in [-0.05, 0) is 31.4 Å². The molecule has 2 heterocycles. The lowest BCUT2D eigenvalue weighted by atomic mass is 9.88. The Kier molecular flexibility index (Phi) is 4.38. The fourth-order valence-corrected chi connectivity index (χ4v) is 2.79. The average molecular weight is 365 g/mol. The molecule has 26 heavy (non-hydrogen) atoms. The van der Waals surface area contributed by atoms with Crippen LogP contribution in [0.1, 0.15) is 51.3 Å². The number of nitrogens with one attached hydrogen (secondary N) is 1. The van der Waals surface area contributed by atoms with Crippen molar-refractivity contribution >= 4 is 23.0 Å². The lowest BCUT2D eigenvalue weighted by molar-refractivity contribution is -0.213. The molecule has 9 heteroatoms. The maximum Gasteiger partial charge on any atom is 0.394 e. The summed E-state index contributed by atoms with van der Waals surface area (Å²) < 4.78 is 40.8. The number of fused-ring (bicyclic) bond motifs is 1. The van der Waals surface area contributed by atoms with Gasteiger partial charge in [-0.1, -0.05) is 13.8 Å². The van der Waals surface area contributed by atoms with E-state index in [1.54, 1.807) is 10.6 Å². The quantitative estimate of drug-likeness (QED) is 0.889. The van der Waals surface area contributed by atoms with E-state index in [0.29, 0.717) is 11.2 Å². The van der Waals surface area contributed by atoms with E-state index in [4.69, 9.17) is 5.26 Å². The first-order valence-corrected chi connectivity index (χ1v) is 8.28. The Hall–Kier alpha value is -2.63. The summed E-state index contributed by atoms with van der Waals surface area (Å²) in [5, 5.41) is 11.5. The van der Waals surface area contributed by atoms with Gasteiger partial charge < -0.3 is 0 Å². The third-order valence-corrected chi connectivity index (χ3v) is 4.71. The van der Waals surface area contributed by atoms with Gasteiger partial charge in [0.15, 0.2) is 5.65 Å². The summed E-state index contributed by atoms with van der Waals surface area (Å²) >= 11 is 0. The van der Waals surface area contributed by atoms with E-state index in [-0.39, 0.29) is 17.7 Å². The van der Waals surface area contributed by atoms with Crippen molar-refractivity contribution in [3.05, 3.63) is 17.8 Å². The SMILES string of the molecule is CC(C)(CC(=O)Nc1nc2ccc(C#N)nc2n1C1CCC1)C(F)(F)F. The molecule has 0 atom stereocenters. The molecule has 0 radical (unpaired) electrons. The van der Waals surface area contributed by atoms with Crippen LogP contribution in [0, 0.1) is 16.7 Å². The highest BCUT2D eigenvalue weighted by Crippen LogP contribution is 2.41. The molecule has 1 aliphatic rings. The van der Waals surface area contributed by atoms with Crippen LogP contribution < -0.4 is 5.32 Å². The second-order valence-electron chi connectivity index (χ2n) is 7.15. The van der Waals surface area contributed by atoms with Crippen molar-refractivity contribution in [2.75, 3.05) is 5.32 Å². The zero-order valence-corrected chi connectivity index (χ0v) is 14.4. The van der Waals surface area contributed by atoms with Crippen LogP contribution in [0.2, 0.25) is 0 Å². The van der Waals surface area contributed by atoms with E-state index < -0.39 is 23.9 Å². The van der Waals surface area contributed by atoms with E-state index in [2.05, 4.69) is 15.3 Å². The van der Waals surface area contributed by atoms with E-state index >= 15 is 0 Å². The number of halogens is 3. The van der Waals surface area contributed by atoms with Crippen LogP contribution in [-0.2, 0) is 4.79 Å². The Balaban J connectivity index is 1.92. The normalized spacial score (nSPS) is 15.5. The minimum atomic E-state index is -4.48. The van der Waals surface area contributed by atoms with Gasteiger partial charge in [-0.2, -0.15) is 18.4 Å². The molecule has 0 saturated heterocycles. The van der Waals surface area contributed by atoms with Gasteiger partial charge in [-0.25, -0.2) is 9.97 Å². The Morgan fingerprint density at radius 1 is 1.35 bits per heavy atom. The topological polar surface area (TPSA) is 83.6 Å². The minimum absolute atomic E-state index is 0.0624. The summed E-state index contributed by atoms with van der Waals surface area (Å²) in [6.45, 7) is 1.98. The number of alkyl halides is 3. The number of hydrogen-bond acceptors (Lipinski definition) is 4. The molecular weight excluding hydrogens is 347 g/mol. The molecule has 0 bridgehead atoms. The summed E-state index contributed by atoms with van der Waals surface area (Å²) in [5.41, 5.74) is -0.981. The van der Waals surface area contributed by atoms with E-state index in [1.807, 2.05) is 6.07 Å². The predicted octanol–water partition coefficient (Wildman–Crippen LogP) is 3.95. The van der Waals surface area contributed by atoms with Crippen molar-refractivity contribution in [1.82, 2.24) is 14.5 Å². The molecule has 1 fully saturated rings. The highest BCUT2D eigenvalue weighted by Gasteiger charge is 2.48. The van der Waals surface area contributed by atoms with Crippen LogP contribution in [-0.4, -0.2) is 26.6 Å². The van der Waals surface area contributed by atoms with Gasteiger partial charge in [-0.15, -0.1) is 0 Å². The maximum absolute atomic E-state index is 13.0.